The van der Waals surface area contributed by atoms with Gasteiger partial charge in [-0.25, -0.2) is 13.6 Å². The molecule has 12 heteroatoms. The monoisotopic (exact) mass is 528 g/mol. The predicted molar refractivity (Wildman–Crippen MR) is 129 cm³/mol. The number of amides is 4. The molecular formula is C25H38F2N4O6. The molecule has 0 aromatic heterocycles. The number of alkyl halides is 2. The van der Waals surface area contributed by atoms with Crippen molar-refractivity contribution in [2.24, 2.45) is 11.3 Å². The van der Waals surface area contributed by atoms with Gasteiger partial charge in [0.2, 0.25) is 23.5 Å². The summed E-state index contributed by atoms with van der Waals surface area (Å²) in [5, 5.41) is 16.6. The topological polar surface area (TPSA) is 145 Å². The summed E-state index contributed by atoms with van der Waals surface area (Å²) in [5.41, 5.74) is -0.792. The summed E-state index contributed by atoms with van der Waals surface area (Å²) in [7, 11) is 0. The Morgan fingerprint density at radius 2 is 1.54 bits per heavy atom. The van der Waals surface area contributed by atoms with Gasteiger partial charge < -0.3 is 26.0 Å². The van der Waals surface area contributed by atoms with Gasteiger partial charge in [0.25, 0.3) is 5.91 Å². The number of ketones is 1. The lowest BCUT2D eigenvalue weighted by atomic mass is 9.73. The lowest BCUT2D eigenvalue weighted by Gasteiger charge is -2.52. The molecule has 2 heterocycles. The largest absolute Gasteiger partial charge is 0.465 e. The van der Waals surface area contributed by atoms with Crippen LogP contribution in [0.1, 0.15) is 79.1 Å². The third kappa shape index (κ3) is 7.38. The Bertz CT molecular complexity index is 919. The van der Waals surface area contributed by atoms with Gasteiger partial charge in [0.15, 0.2) is 0 Å². The fraction of sp³-hybridized carbons (Fsp3) is 0.800. The van der Waals surface area contributed by atoms with Crippen LogP contribution < -0.4 is 16.0 Å². The molecule has 4 rings (SSSR count). The van der Waals surface area contributed by atoms with Crippen LogP contribution in [0.5, 0.6) is 0 Å². The number of nitrogens with zero attached hydrogens (tertiary/aromatic N) is 1. The Kier molecular flexibility index (Phi) is 8.48. The minimum Gasteiger partial charge on any atom is -0.465 e. The van der Waals surface area contributed by atoms with Crippen molar-refractivity contribution in [1.82, 2.24) is 20.9 Å². The second-order valence-corrected chi connectivity index (χ2v) is 11.8. The van der Waals surface area contributed by atoms with Crippen LogP contribution in [0.2, 0.25) is 0 Å². The van der Waals surface area contributed by atoms with E-state index in [9.17, 15) is 37.9 Å². The van der Waals surface area contributed by atoms with Crippen molar-refractivity contribution in [3.8, 4) is 0 Å². The summed E-state index contributed by atoms with van der Waals surface area (Å²) in [5.74, 6) is -6.50. The van der Waals surface area contributed by atoms with Gasteiger partial charge in [0.1, 0.15) is 12.1 Å². The highest BCUT2D eigenvalue weighted by Crippen LogP contribution is 2.41. The molecule has 3 atom stereocenters. The number of fused-ring (bicyclic) bond motifs is 3. The number of carbonyl (C=O) groups excluding carboxylic acids is 4. The highest BCUT2D eigenvalue weighted by atomic mass is 19.3. The summed E-state index contributed by atoms with van der Waals surface area (Å²) >= 11 is 0. The minimum atomic E-state index is -3.11. The third-order valence-corrected chi connectivity index (χ3v) is 7.43. The zero-order chi connectivity index (χ0) is 27.7. The van der Waals surface area contributed by atoms with E-state index in [1.807, 2.05) is 0 Å². The van der Waals surface area contributed by atoms with Crippen molar-refractivity contribution in [3.05, 3.63) is 0 Å². The first kappa shape index (κ1) is 28.8. The highest BCUT2D eigenvalue weighted by Gasteiger charge is 2.51. The minimum absolute atomic E-state index is 0.126. The number of Topliss-reactive ketones (excluding diaryl/α,β-unsaturated/α-hetero) is 1. The predicted octanol–water partition coefficient (Wildman–Crippen LogP) is 2.21. The molecule has 4 amide bonds. The van der Waals surface area contributed by atoms with Crippen LogP contribution in [0.4, 0.5) is 13.6 Å². The average Bonchev–Trinajstić information content (AvgIpc) is 3.61. The lowest BCUT2D eigenvalue weighted by molar-refractivity contribution is -0.157. The standard InChI is InChI=1S/C25H38F2N4O6/c1-24(2,3)19(30-23(36)37)22(35)31-15-9-5-13(6-10-15)17(31)20(33)29-16(11-12-25(4,26)27)18(32)21(34)28-14-7-8-14/h13-17,19,30H,5-12H2,1-4H3,(H,28,34)(H,29,33)(H,36,37)/t13?,15?,16?,17-,19?/m0/s1. The second kappa shape index (κ2) is 10.9. The van der Waals surface area contributed by atoms with Crippen molar-refractivity contribution in [2.45, 2.75) is 115 Å². The molecule has 4 fully saturated rings. The van der Waals surface area contributed by atoms with E-state index in [4.69, 9.17) is 0 Å². The van der Waals surface area contributed by atoms with Gasteiger partial charge in [-0.3, -0.25) is 19.2 Å². The molecule has 10 nitrogen and oxygen atoms in total. The first-order valence-electron chi connectivity index (χ1n) is 12.9. The van der Waals surface area contributed by atoms with E-state index >= 15 is 0 Å². The van der Waals surface area contributed by atoms with Crippen LogP contribution in [0.15, 0.2) is 0 Å². The zero-order valence-electron chi connectivity index (χ0n) is 21.8. The van der Waals surface area contributed by atoms with E-state index in [2.05, 4.69) is 16.0 Å². The molecule has 2 bridgehead atoms. The summed E-state index contributed by atoms with van der Waals surface area (Å²) in [4.78, 5) is 65.4. The molecule has 4 N–H and O–H groups in total. The SMILES string of the molecule is CC(F)(F)CCC(NC(=O)[C@@H]1C2CCC(CC2)N1C(=O)C(NC(=O)O)C(C)(C)C)C(=O)C(=O)NC1CC1. The summed E-state index contributed by atoms with van der Waals surface area (Å²) in [6.07, 6.45) is 1.55. The van der Waals surface area contributed by atoms with Gasteiger partial charge in [0, 0.05) is 18.5 Å². The van der Waals surface area contributed by atoms with Crippen LogP contribution in [-0.2, 0) is 19.2 Å². The van der Waals surface area contributed by atoms with Crippen LogP contribution in [0.3, 0.4) is 0 Å². The molecule has 0 aromatic carbocycles. The number of nitrogens with one attached hydrogen (secondary N) is 3. The maximum Gasteiger partial charge on any atom is 0.405 e. The van der Waals surface area contributed by atoms with Crippen LogP contribution in [-0.4, -0.2) is 75.7 Å². The normalized spacial score (nSPS) is 25.1. The Morgan fingerprint density at radius 3 is 2.03 bits per heavy atom. The molecule has 0 spiro atoms. The maximum absolute atomic E-state index is 13.7. The lowest BCUT2D eigenvalue weighted by Crippen LogP contribution is -2.68. The van der Waals surface area contributed by atoms with Gasteiger partial charge in [-0.1, -0.05) is 20.8 Å². The molecule has 2 aliphatic carbocycles. The number of hydrogen-bond donors (Lipinski definition) is 4. The number of carboxylic acid groups (broad SMARTS) is 1. The fourth-order valence-corrected chi connectivity index (χ4v) is 5.29. The molecule has 37 heavy (non-hydrogen) atoms. The summed E-state index contributed by atoms with van der Waals surface area (Å²) < 4.78 is 27.2. The van der Waals surface area contributed by atoms with E-state index in [-0.39, 0.29) is 18.0 Å². The molecule has 208 valence electrons. The van der Waals surface area contributed by atoms with Crippen molar-refractivity contribution < 1.29 is 37.9 Å². The molecule has 2 saturated heterocycles. The summed E-state index contributed by atoms with van der Waals surface area (Å²) in [6.45, 7) is 5.83. The van der Waals surface area contributed by atoms with Crippen molar-refractivity contribution in [1.29, 1.82) is 0 Å². The Balaban J connectivity index is 1.84. The van der Waals surface area contributed by atoms with Crippen LogP contribution >= 0.6 is 0 Å². The molecule has 0 radical (unpaired) electrons. The molecular weight excluding hydrogens is 490 g/mol. The zero-order valence-corrected chi connectivity index (χ0v) is 21.8. The third-order valence-electron chi connectivity index (χ3n) is 7.43. The van der Waals surface area contributed by atoms with E-state index < -0.39 is 71.9 Å². The number of rotatable bonds is 10. The van der Waals surface area contributed by atoms with E-state index in [1.54, 1.807) is 20.8 Å². The smallest absolute Gasteiger partial charge is 0.405 e. The second-order valence-electron chi connectivity index (χ2n) is 11.8. The number of hydrogen-bond acceptors (Lipinski definition) is 5. The Morgan fingerprint density at radius 1 is 0.946 bits per heavy atom. The molecule has 2 aliphatic heterocycles. The van der Waals surface area contributed by atoms with Crippen LogP contribution in [0, 0.1) is 11.3 Å². The highest BCUT2D eigenvalue weighted by molar-refractivity contribution is 6.38. The van der Waals surface area contributed by atoms with Gasteiger partial charge in [0.05, 0.1) is 6.04 Å². The van der Waals surface area contributed by atoms with E-state index in [1.165, 1.54) is 4.90 Å². The number of carbonyl (C=O) groups is 5. The number of piperidine rings is 2. The van der Waals surface area contributed by atoms with Crippen molar-refractivity contribution >= 4 is 29.6 Å². The first-order valence-corrected chi connectivity index (χ1v) is 12.9. The van der Waals surface area contributed by atoms with Crippen molar-refractivity contribution in [3.63, 3.8) is 0 Å². The molecule has 4 aliphatic rings. The van der Waals surface area contributed by atoms with Gasteiger partial charge in [-0.2, -0.15) is 0 Å². The van der Waals surface area contributed by atoms with E-state index in [0.717, 1.165) is 12.8 Å². The molecule has 2 saturated carbocycles. The van der Waals surface area contributed by atoms with E-state index in [0.29, 0.717) is 32.6 Å². The molecule has 2 unspecified atom stereocenters. The Labute approximate surface area is 215 Å². The van der Waals surface area contributed by atoms with Gasteiger partial charge >= 0.3 is 6.09 Å². The van der Waals surface area contributed by atoms with Crippen LogP contribution in [0.25, 0.3) is 0 Å². The van der Waals surface area contributed by atoms with Gasteiger partial charge in [-0.15, -0.1) is 0 Å². The number of halogens is 2. The van der Waals surface area contributed by atoms with Gasteiger partial charge in [-0.05, 0) is 63.2 Å². The average molecular weight is 529 g/mol. The maximum atomic E-state index is 13.7. The van der Waals surface area contributed by atoms with Crippen molar-refractivity contribution in [2.75, 3.05) is 0 Å². The summed E-state index contributed by atoms with van der Waals surface area (Å²) in [6, 6.07) is -4.01. The first-order chi connectivity index (χ1) is 17.1. The Hall–Kier alpha value is -2.79. The quantitative estimate of drug-likeness (QED) is 0.320. The molecule has 0 aromatic rings. The fourth-order valence-electron chi connectivity index (χ4n) is 5.29.